The summed E-state index contributed by atoms with van der Waals surface area (Å²) in [7, 11) is 0. The monoisotopic (exact) mass is 869 g/mol. The van der Waals surface area contributed by atoms with E-state index >= 15 is 4.79 Å². The van der Waals surface area contributed by atoms with Crippen molar-refractivity contribution in [2.45, 2.75) is 135 Å². The maximum Gasteiger partial charge on any atom is 0.573 e. The summed E-state index contributed by atoms with van der Waals surface area (Å²) in [6.07, 6.45) is -5.26. The minimum absolute atomic E-state index is 0.130. The number of fused-ring (bicyclic) bond motifs is 10. The molecule has 2 N–H and O–H groups in total. The number of alkyl halides is 6. The molecule has 0 aromatic heterocycles. The van der Waals surface area contributed by atoms with Crippen molar-refractivity contribution in [1.29, 1.82) is 0 Å². The lowest BCUT2D eigenvalue weighted by atomic mass is 9.64. The summed E-state index contributed by atoms with van der Waals surface area (Å²) in [6.45, 7) is 8.79. The standard InChI is InChI=1S/C48H53F6NO7/c1-29-8-7-20-43(4)38(36-18-14-31(24-34(56)15-11-29)25-37(36)39(57)32-9-6-10-33(26-32)47(49,50)51)19-21-45(43,60)28-55(27-30-12-16-35(17-13-30)61-48(52,53)54)40(58)46-23-22-44(5,41(59)62-46)42(46,2)3/h6,8-10,12-14,16-18,25-26,34,38,56,60H,7,11,15,19-24,27-28H2,1-5H3/t34-,38-,43-,44-,45+,46+/m0/s1. The van der Waals surface area contributed by atoms with Crippen molar-refractivity contribution in [1.82, 2.24) is 4.90 Å². The molecule has 3 aromatic rings. The zero-order valence-corrected chi connectivity index (χ0v) is 35.5. The molecule has 1 saturated heterocycles. The first-order valence-corrected chi connectivity index (χ1v) is 21.1. The fourth-order valence-electron chi connectivity index (χ4n) is 10.7. The Morgan fingerprint density at radius 3 is 2.24 bits per heavy atom. The van der Waals surface area contributed by atoms with Crippen LogP contribution in [-0.4, -0.2) is 63.0 Å². The number of nitrogens with zero attached hydrogens (tertiary/aromatic N) is 1. The number of rotatable bonds is 8. The summed E-state index contributed by atoms with van der Waals surface area (Å²) >= 11 is 0. The summed E-state index contributed by atoms with van der Waals surface area (Å²) in [5.74, 6) is -2.72. The number of esters is 1. The van der Waals surface area contributed by atoms with Gasteiger partial charge in [0, 0.05) is 28.5 Å². The number of halogens is 6. The van der Waals surface area contributed by atoms with Gasteiger partial charge in [-0.1, -0.05) is 68.8 Å². The molecule has 6 atom stereocenters. The number of ketones is 1. The molecule has 4 aliphatic carbocycles. The van der Waals surface area contributed by atoms with Crippen LogP contribution >= 0.6 is 0 Å². The second-order valence-electron chi connectivity index (χ2n) is 18.9. The highest BCUT2D eigenvalue weighted by Crippen LogP contribution is 2.66. The third-order valence-corrected chi connectivity index (χ3v) is 15.1. The van der Waals surface area contributed by atoms with E-state index in [1.807, 2.05) is 33.8 Å². The van der Waals surface area contributed by atoms with Crippen molar-refractivity contribution in [3.8, 4) is 5.75 Å². The van der Waals surface area contributed by atoms with Crippen LogP contribution in [0, 0.1) is 16.2 Å². The molecule has 62 heavy (non-hydrogen) atoms. The van der Waals surface area contributed by atoms with Crippen LogP contribution in [0.1, 0.15) is 130 Å². The van der Waals surface area contributed by atoms with Crippen molar-refractivity contribution in [3.63, 3.8) is 0 Å². The van der Waals surface area contributed by atoms with Crippen molar-refractivity contribution >= 4 is 17.7 Å². The van der Waals surface area contributed by atoms with Crippen LogP contribution in [0.15, 0.2) is 78.4 Å². The number of aliphatic hydroxyl groups excluding tert-OH is 1. The third kappa shape index (κ3) is 7.94. The number of hydrogen-bond donors (Lipinski definition) is 2. The zero-order valence-electron chi connectivity index (χ0n) is 35.5. The number of amides is 1. The van der Waals surface area contributed by atoms with Gasteiger partial charge in [-0.3, -0.25) is 14.4 Å². The van der Waals surface area contributed by atoms with Gasteiger partial charge in [-0.25, -0.2) is 0 Å². The van der Waals surface area contributed by atoms with Gasteiger partial charge in [0.1, 0.15) is 5.75 Å². The maximum atomic E-state index is 15.2. The van der Waals surface area contributed by atoms with Gasteiger partial charge in [0.2, 0.25) is 0 Å². The predicted octanol–water partition coefficient (Wildman–Crippen LogP) is 10.0. The fourth-order valence-corrected chi connectivity index (χ4v) is 10.7. The molecular formula is C48H53F6NO7. The molecule has 334 valence electrons. The predicted molar refractivity (Wildman–Crippen MR) is 217 cm³/mol. The summed E-state index contributed by atoms with van der Waals surface area (Å²) in [5.41, 5.74) is -4.73. The van der Waals surface area contributed by atoms with Gasteiger partial charge in [-0.05, 0) is 125 Å². The molecule has 0 radical (unpaired) electrons. The molecule has 1 aliphatic heterocycles. The van der Waals surface area contributed by atoms with Crippen LogP contribution in [0.5, 0.6) is 5.75 Å². The van der Waals surface area contributed by atoms with Crippen LogP contribution < -0.4 is 4.74 Å². The largest absolute Gasteiger partial charge is 0.573 e. The molecule has 14 heteroatoms. The van der Waals surface area contributed by atoms with E-state index in [1.165, 1.54) is 29.2 Å². The van der Waals surface area contributed by atoms with E-state index in [0.29, 0.717) is 55.2 Å². The zero-order chi connectivity index (χ0) is 45.3. The average Bonchev–Trinajstić information content (AvgIpc) is 3.63. The molecule has 5 aliphatic rings. The maximum absolute atomic E-state index is 15.2. The van der Waals surface area contributed by atoms with Gasteiger partial charge >= 0.3 is 18.5 Å². The van der Waals surface area contributed by atoms with Crippen LogP contribution in [-0.2, 0) is 33.5 Å². The first-order valence-electron chi connectivity index (χ1n) is 21.1. The Morgan fingerprint density at radius 2 is 1.61 bits per heavy atom. The number of carbonyl (C=O) groups excluding carboxylic acids is 3. The Morgan fingerprint density at radius 1 is 0.903 bits per heavy atom. The Hall–Kier alpha value is -4.69. The summed E-state index contributed by atoms with van der Waals surface area (Å²) in [5, 5.41) is 24.3. The van der Waals surface area contributed by atoms with Crippen LogP contribution in [0.3, 0.4) is 0 Å². The summed E-state index contributed by atoms with van der Waals surface area (Å²) in [4.78, 5) is 44.6. The molecule has 2 saturated carbocycles. The minimum atomic E-state index is -4.92. The van der Waals surface area contributed by atoms with Gasteiger partial charge in [-0.15, -0.1) is 13.2 Å². The number of aliphatic hydroxyl groups is 2. The van der Waals surface area contributed by atoms with Crippen molar-refractivity contribution < 1.29 is 60.4 Å². The van der Waals surface area contributed by atoms with Crippen LogP contribution in [0.2, 0.25) is 0 Å². The number of allylic oxidation sites excluding steroid dienone is 2. The molecule has 0 spiro atoms. The highest BCUT2D eigenvalue weighted by molar-refractivity contribution is 6.10. The highest BCUT2D eigenvalue weighted by atomic mass is 19.4. The van der Waals surface area contributed by atoms with E-state index in [2.05, 4.69) is 4.74 Å². The lowest BCUT2D eigenvalue weighted by Gasteiger charge is -2.47. The normalized spacial score (nSPS) is 29.7. The molecule has 3 aromatic carbocycles. The van der Waals surface area contributed by atoms with Crippen LogP contribution in [0.4, 0.5) is 26.3 Å². The van der Waals surface area contributed by atoms with Crippen molar-refractivity contribution in [3.05, 3.63) is 112 Å². The van der Waals surface area contributed by atoms with Gasteiger partial charge in [0.15, 0.2) is 11.4 Å². The number of benzene rings is 3. The Labute approximate surface area is 357 Å². The first-order chi connectivity index (χ1) is 28.8. The Kier molecular flexibility index (Phi) is 11.6. The van der Waals surface area contributed by atoms with E-state index in [-0.39, 0.29) is 43.5 Å². The Balaban J connectivity index is 1.33. The first kappa shape index (κ1) is 45.3. The molecule has 8 rings (SSSR count). The fraction of sp³-hybridized carbons (Fsp3) is 0.521. The lowest BCUT2D eigenvalue weighted by Crippen LogP contribution is -2.60. The smallest absolute Gasteiger partial charge is 0.448 e. The van der Waals surface area contributed by atoms with Gasteiger partial charge in [0.05, 0.1) is 29.2 Å². The lowest BCUT2D eigenvalue weighted by molar-refractivity contribution is -0.274. The quantitative estimate of drug-likeness (QED) is 0.100. The SMILES string of the molecule is CC1=CCC[C@@]2(C)[C@@H](CC[C@@]2(O)CN(Cc2ccc(OC(F)(F)F)cc2)C(=O)[C@@]23CC[C@@](C)(C(=O)O2)C3(C)C)c2ccc(cc2C(=O)c2cccc(C(F)(F)F)c2)C[C@@H](O)CC1. The van der Waals surface area contributed by atoms with Gasteiger partial charge in [0.25, 0.3) is 5.91 Å². The molecule has 0 unspecified atom stereocenters. The summed E-state index contributed by atoms with van der Waals surface area (Å²) < 4.78 is 90.9. The average molecular weight is 870 g/mol. The second-order valence-corrected chi connectivity index (χ2v) is 18.9. The number of hydrogen-bond acceptors (Lipinski definition) is 7. The topological polar surface area (TPSA) is 113 Å². The molecule has 1 amide bonds. The number of ether oxygens (including phenoxy) is 2. The molecule has 1 heterocycles. The molecular weight excluding hydrogens is 817 g/mol. The van der Waals surface area contributed by atoms with Gasteiger partial charge in [-0.2, -0.15) is 13.2 Å². The second kappa shape index (κ2) is 15.8. The van der Waals surface area contributed by atoms with Crippen molar-refractivity contribution in [2.24, 2.45) is 16.2 Å². The van der Waals surface area contributed by atoms with E-state index < -0.39 is 81.0 Å². The highest BCUT2D eigenvalue weighted by Gasteiger charge is 2.76. The van der Waals surface area contributed by atoms with Gasteiger partial charge < -0.3 is 24.6 Å². The summed E-state index contributed by atoms with van der Waals surface area (Å²) in [6, 6.07) is 14.5. The van der Waals surface area contributed by atoms with E-state index in [4.69, 9.17) is 4.74 Å². The van der Waals surface area contributed by atoms with E-state index in [0.717, 1.165) is 29.8 Å². The van der Waals surface area contributed by atoms with Crippen LogP contribution in [0.25, 0.3) is 0 Å². The molecule has 3 fully saturated rings. The third-order valence-electron chi connectivity index (χ3n) is 15.1. The van der Waals surface area contributed by atoms with E-state index in [9.17, 15) is 46.1 Å². The van der Waals surface area contributed by atoms with Crippen molar-refractivity contribution in [2.75, 3.05) is 6.54 Å². The molecule has 4 bridgehead atoms. The number of carbonyl (C=O) groups is 3. The minimum Gasteiger partial charge on any atom is -0.448 e. The van der Waals surface area contributed by atoms with E-state index in [1.54, 1.807) is 25.1 Å². The molecule has 8 nitrogen and oxygen atoms in total. The Bertz CT molecular complexity index is 2270.